The molecule has 2 fully saturated rings. The van der Waals surface area contributed by atoms with Gasteiger partial charge in [0, 0.05) is 49.9 Å². The summed E-state index contributed by atoms with van der Waals surface area (Å²) < 4.78 is 5.45. The summed E-state index contributed by atoms with van der Waals surface area (Å²) in [4.78, 5) is 26.7. The third kappa shape index (κ3) is 4.34. The maximum atomic E-state index is 12.8. The van der Waals surface area contributed by atoms with Crippen molar-refractivity contribution >= 4 is 11.7 Å². The van der Waals surface area contributed by atoms with Gasteiger partial charge in [0.25, 0.3) is 0 Å². The third-order valence-electron chi connectivity index (χ3n) is 6.42. The average molecular weight is 420 g/mol. The number of aliphatic imine (C=N–C) groups is 1. The number of likely N-dealkylation sites (N-methyl/N-ethyl adjacent to an activating group) is 1. The zero-order valence-corrected chi connectivity index (χ0v) is 18.0. The third-order valence-corrected chi connectivity index (χ3v) is 6.42. The smallest absolute Gasteiger partial charge is 0.226 e. The SMILES string of the molecule is CN1C[C@@H](NC(=O)Cc2cc3c(cn2)C(N2CCOCC2)=NC3)[C@H](c2ccccc2)C1. The molecule has 2 saturated heterocycles. The standard InChI is InChI=1S/C24H29N5O2/c1-28-15-21(17-5-3-2-4-6-17)22(16-28)27-23(30)12-19-11-18-13-26-24(20(18)14-25-19)29-7-9-31-10-8-29/h2-6,11,14,21-22H,7-10,12-13,15-16H2,1H3,(H,27,30)/t21-,22+/m0/s1. The molecule has 162 valence electrons. The van der Waals surface area contributed by atoms with Crippen LogP contribution in [0.1, 0.15) is 28.3 Å². The van der Waals surface area contributed by atoms with Crippen LogP contribution in [0.3, 0.4) is 0 Å². The van der Waals surface area contributed by atoms with Gasteiger partial charge in [0.05, 0.1) is 31.9 Å². The number of carbonyl (C=O) groups is 1. The molecule has 0 aliphatic carbocycles. The lowest BCUT2D eigenvalue weighted by Gasteiger charge is -2.28. The summed E-state index contributed by atoms with van der Waals surface area (Å²) in [7, 11) is 2.11. The Morgan fingerprint density at radius 3 is 2.81 bits per heavy atom. The average Bonchev–Trinajstić information content (AvgIpc) is 3.37. The van der Waals surface area contributed by atoms with E-state index in [0.29, 0.717) is 18.9 Å². The van der Waals surface area contributed by atoms with E-state index in [1.54, 1.807) is 0 Å². The summed E-state index contributed by atoms with van der Waals surface area (Å²) in [6, 6.07) is 12.6. The first-order valence-corrected chi connectivity index (χ1v) is 11.1. The fourth-order valence-electron chi connectivity index (χ4n) is 4.87. The number of aromatic nitrogens is 1. The Balaban J connectivity index is 1.23. The number of likely N-dealkylation sites (tertiary alicyclic amines) is 1. The maximum absolute atomic E-state index is 12.8. The van der Waals surface area contributed by atoms with Crippen molar-refractivity contribution in [1.29, 1.82) is 0 Å². The molecule has 0 spiro atoms. The summed E-state index contributed by atoms with van der Waals surface area (Å²) in [6.07, 6.45) is 2.18. The number of rotatable bonds is 4. The van der Waals surface area contributed by atoms with E-state index in [9.17, 15) is 4.79 Å². The second-order valence-corrected chi connectivity index (χ2v) is 8.66. The van der Waals surface area contributed by atoms with Crippen molar-refractivity contribution in [2.24, 2.45) is 4.99 Å². The van der Waals surface area contributed by atoms with E-state index in [2.05, 4.69) is 51.4 Å². The van der Waals surface area contributed by atoms with Gasteiger partial charge in [0.15, 0.2) is 0 Å². The lowest BCUT2D eigenvalue weighted by atomic mass is 9.94. The van der Waals surface area contributed by atoms with Gasteiger partial charge in [-0.15, -0.1) is 0 Å². The molecule has 4 heterocycles. The molecule has 1 amide bonds. The molecule has 1 N–H and O–H groups in total. The molecule has 5 rings (SSSR count). The summed E-state index contributed by atoms with van der Waals surface area (Å²) in [5, 5.41) is 3.26. The van der Waals surface area contributed by atoms with Crippen LogP contribution in [-0.4, -0.2) is 79.0 Å². The van der Waals surface area contributed by atoms with Crippen molar-refractivity contribution in [3.05, 3.63) is 65.0 Å². The summed E-state index contributed by atoms with van der Waals surface area (Å²) >= 11 is 0. The summed E-state index contributed by atoms with van der Waals surface area (Å²) in [6.45, 7) is 5.67. The first-order chi connectivity index (χ1) is 15.2. The molecule has 0 bridgehead atoms. The van der Waals surface area contributed by atoms with Crippen LogP contribution in [0.4, 0.5) is 0 Å². The Bertz CT molecular complexity index is 971. The molecule has 1 aromatic heterocycles. The van der Waals surface area contributed by atoms with E-state index in [1.165, 1.54) is 5.56 Å². The number of hydrogen-bond acceptors (Lipinski definition) is 6. The fourth-order valence-corrected chi connectivity index (χ4v) is 4.87. The lowest BCUT2D eigenvalue weighted by Crippen LogP contribution is -2.41. The number of pyridine rings is 1. The van der Waals surface area contributed by atoms with E-state index < -0.39 is 0 Å². The van der Waals surface area contributed by atoms with Gasteiger partial charge < -0.3 is 19.9 Å². The van der Waals surface area contributed by atoms with Gasteiger partial charge in [0.2, 0.25) is 5.91 Å². The molecule has 3 aliphatic rings. The van der Waals surface area contributed by atoms with E-state index in [1.807, 2.05) is 18.3 Å². The quantitative estimate of drug-likeness (QED) is 0.812. The van der Waals surface area contributed by atoms with Crippen molar-refractivity contribution in [3.8, 4) is 0 Å². The summed E-state index contributed by atoms with van der Waals surface area (Å²) in [5.74, 6) is 1.36. The predicted octanol–water partition coefficient (Wildman–Crippen LogP) is 1.43. The van der Waals surface area contributed by atoms with Crippen LogP contribution in [0.5, 0.6) is 0 Å². The minimum absolute atomic E-state index is 0.0287. The number of carbonyl (C=O) groups excluding carboxylic acids is 1. The van der Waals surface area contributed by atoms with E-state index in [-0.39, 0.29) is 11.9 Å². The number of amidine groups is 1. The first-order valence-electron chi connectivity index (χ1n) is 11.1. The van der Waals surface area contributed by atoms with Crippen LogP contribution in [0.25, 0.3) is 0 Å². The van der Waals surface area contributed by atoms with Crippen LogP contribution in [-0.2, 0) is 22.5 Å². The highest BCUT2D eigenvalue weighted by Gasteiger charge is 2.33. The van der Waals surface area contributed by atoms with Crippen LogP contribution in [0.2, 0.25) is 0 Å². The molecule has 0 unspecified atom stereocenters. The number of hydrogen-bond donors (Lipinski definition) is 1. The number of amides is 1. The minimum atomic E-state index is 0.0287. The molecule has 7 nitrogen and oxygen atoms in total. The molecule has 1 aromatic carbocycles. The Labute approximate surface area is 183 Å². The minimum Gasteiger partial charge on any atom is -0.378 e. The lowest BCUT2D eigenvalue weighted by molar-refractivity contribution is -0.121. The van der Waals surface area contributed by atoms with Crippen molar-refractivity contribution in [3.63, 3.8) is 0 Å². The Morgan fingerprint density at radius 1 is 1.19 bits per heavy atom. The zero-order valence-electron chi connectivity index (χ0n) is 18.0. The Morgan fingerprint density at radius 2 is 2.00 bits per heavy atom. The number of nitrogens with one attached hydrogen (secondary N) is 1. The van der Waals surface area contributed by atoms with Crippen LogP contribution in [0.15, 0.2) is 47.6 Å². The molecule has 7 heteroatoms. The molecule has 31 heavy (non-hydrogen) atoms. The normalized spacial score (nSPS) is 23.5. The van der Waals surface area contributed by atoms with E-state index in [0.717, 1.165) is 62.0 Å². The van der Waals surface area contributed by atoms with Crippen LogP contribution < -0.4 is 5.32 Å². The Kier molecular flexibility index (Phi) is 5.70. The van der Waals surface area contributed by atoms with E-state index in [4.69, 9.17) is 9.73 Å². The topological polar surface area (TPSA) is 70.1 Å². The van der Waals surface area contributed by atoms with Gasteiger partial charge in [-0.3, -0.25) is 14.8 Å². The van der Waals surface area contributed by atoms with Crippen LogP contribution >= 0.6 is 0 Å². The Hall–Kier alpha value is -2.77. The number of nitrogens with zero attached hydrogens (tertiary/aromatic N) is 4. The van der Waals surface area contributed by atoms with Gasteiger partial charge >= 0.3 is 0 Å². The molecule has 2 aromatic rings. The number of ether oxygens (including phenoxy) is 1. The largest absolute Gasteiger partial charge is 0.378 e. The number of fused-ring (bicyclic) bond motifs is 1. The van der Waals surface area contributed by atoms with Gasteiger partial charge in [-0.05, 0) is 24.2 Å². The maximum Gasteiger partial charge on any atom is 0.226 e. The monoisotopic (exact) mass is 419 g/mol. The molecule has 3 aliphatic heterocycles. The molecular weight excluding hydrogens is 390 g/mol. The zero-order chi connectivity index (χ0) is 21.2. The molecule has 2 atom stereocenters. The van der Waals surface area contributed by atoms with Crippen molar-refractivity contribution in [2.45, 2.75) is 24.9 Å². The van der Waals surface area contributed by atoms with Crippen molar-refractivity contribution in [1.82, 2.24) is 20.1 Å². The second kappa shape index (κ2) is 8.77. The highest BCUT2D eigenvalue weighted by Crippen LogP contribution is 2.27. The highest BCUT2D eigenvalue weighted by atomic mass is 16.5. The van der Waals surface area contributed by atoms with E-state index >= 15 is 0 Å². The highest BCUT2D eigenvalue weighted by molar-refractivity contribution is 6.01. The van der Waals surface area contributed by atoms with Crippen LogP contribution in [0, 0.1) is 0 Å². The first kappa shape index (κ1) is 20.2. The van der Waals surface area contributed by atoms with Crippen molar-refractivity contribution < 1.29 is 9.53 Å². The molecule has 0 saturated carbocycles. The van der Waals surface area contributed by atoms with Gasteiger partial charge in [-0.25, -0.2) is 0 Å². The van der Waals surface area contributed by atoms with Gasteiger partial charge in [-0.2, -0.15) is 0 Å². The fraction of sp³-hybridized carbons (Fsp3) is 0.458. The predicted molar refractivity (Wildman–Crippen MR) is 119 cm³/mol. The van der Waals surface area contributed by atoms with Crippen molar-refractivity contribution in [2.75, 3.05) is 46.4 Å². The summed E-state index contributed by atoms with van der Waals surface area (Å²) in [5.41, 5.74) is 4.33. The number of morpholine rings is 1. The second-order valence-electron chi connectivity index (χ2n) is 8.66. The number of benzene rings is 1. The van der Waals surface area contributed by atoms with Gasteiger partial charge in [-0.1, -0.05) is 30.3 Å². The molecular formula is C24H29N5O2. The molecule has 0 radical (unpaired) electrons. The van der Waals surface area contributed by atoms with Gasteiger partial charge in [0.1, 0.15) is 5.84 Å².